The standard InChI is InChI=1S/C23H29ClFN3O4/c1-3-18-20-19(9-5-11-31-12-6-10-26-22(20)29)28(27-18)13-15(2)14-32-23(30)16-7-4-8-17(25)21(16)24/h4,7-8,15H,3,5-6,9-14H2,1-2H3,(H,26,29)/t15-/m1/s1. The van der Waals surface area contributed by atoms with Gasteiger partial charge in [0, 0.05) is 32.2 Å². The maximum atomic E-state index is 13.6. The number of nitrogens with one attached hydrogen (secondary N) is 1. The number of carbonyl (C=O) groups is 2. The number of halogens is 2. The number of rotatable bonds is 6. The van der Waals surface area contributed by atoms with Gasteiger partial charge in [-0.1, -0.05) is 31.5 Å². The Labute approximate surface area is 192 Å². The molecule has 174 valence electrons. The third kappa shape index (κ3) is 5.86. The SMILES string of the molecule is CCc1nn(C[C@@H](C)COC(=O)c2cccc(F)c2Cl)c2c1C(=O)NCCCOCCC2. The fraction of sp³-hybridized carbons (Fsp3) is 0.522. The Morgan fingerprint density at radius 3 is 2.94 bits per heavy atom. The zero-order valence-corrected chi connectivity index (χ0v) is 19.2. The Bertz CT molecular complexity index is 963. The minimum absolute atomic E-state index is 0.00334. The zero-order chi connectivity index (χ0) is 23.1. The van der Waals surface area contributed by atoms with Crippen LogP contribution in [0.25, 0.3) is 0 Å². The molecule has 1 aromatic carbocycles. The van der Waals surface area contributed by atoms with Gasteiger partial charge in [-0.15, -0.1) is 0 Å². The van der Waals surface area contributed by atoms with E-state index in [2.05, 4.69) is 10.4 Å². The van der Waals surface area contributed by atoms with Crippen molar-refractivity contribution in [1.82, 2.24) is 15.1 Å². The summed E-state index contributed by atoms with van der Waals surface area (Å²) in [5, 5.41) is 7.40. The maximum Gasteiger partial charge on any atom is 0.339 e. The molecule has 0 radical (unpaired) electrons. The van der Waals surface area contributed by atoms with Gasteiger partial charge in [0.1, 0.15) is 5.82 Å². The molecule has 32 heavy (non-hydrogen) atoms. The van der Waals surface area contributed by atoms with Gasteiger partial charge in [-0.25, -0.2) is 9.18 Å². The predicted molar refractivity (Wildman–Crippen MR) is 119 cm³/mol. The number of aryl methyl sites for hydroxylation is 1. The Morgan fingerprint density at radius 1 is 1.38 bits per heavy atom. The lowest BCUT2D eigenvalue weighted by Crippen LogP contribution is -2.27. The molecular formula is C23H29ClFN3O4. The second-order valence-corrected chi connectivity index (χ2v) is 8.31. The maximum absolute atomic E-state index is 13.6. The van der Waals surface area contributed by atoms with Gasteiger partial charge in [0.2, 0.25) is 0 Å². The average molecular weight is 466 g/mol. The number of aromatic nitrogens is 2. The first-order valence-corrected chi connectivity index (χ1v) is 11.4. The molecule has 0 fully saturated rings. The van der Waals surface area contributed by atoms with Crippen molar-refractivity contribution < 1.29 is 23.5 Å². The molecule has 0 saturated heterocycles. The van der Waals surface area contributed by atoms with Crippen molar-refractivity contribution >= 4 is 23.5 Å². The van der Waals surface area contributed by atoms with E-state index in [1.165, 1.54) is 18.2 Å². The largest absolute Gasteiger partial charge is 0.462 e. The van der Waals surface area contributed by atoms with Crippen molar-refractivity contribution in [2.45, 2.75) is 46.1 Å². The highest BCUT2D eigenvalue weighted by Crippen LogP contribution is 2.22. The highest BCUT2D eigenvalue weighted by atomic mass is 35.5. The summed E-state index contributed by atoms with van der Waals surface area (Å²) in [6.07, 6.45) is 2.87. The van der Waals surface area contributed by atoms with Crippen LogP contribution in [0, 0.1) is 11.7 Å². The molecule has 7 nitrogen and oxygen atoms in total. The van der Waals surface area contributed by atoms with Gasteiger partial charge in [-0.3, -0.25) is 9.48 Å². The molecule has 2 aromatic rings. The average Bonchev–Trinajstić information content (AvgIpc) is 3.10. The van der Waals surface area contributed by atoms with E-state index in [-0.39, 0.29) is 29.0 Å². The number of benzene rings is 1. The molecule has 1 aliphatic rings. The van der Waals surface area contributed by atoms with Crippen LogP contribution in [0.3, 0.4) is 0 Å². The molecule has 1 amide bonds. The summed E-state index contributed by atoms with van der Waals surface area (Å²) in [6, 6.07) is 4.03. The van der Waals surface area contributed by atoms with Crippen molar-refractivity contribution in [1.29, 1.82) is 0 Å². The quantitative estimate of drug-likeness (QED) is 0.656. The third-order valence-corrected chi connectivity index (χ3v) is 5.68. The Morgan fingerprint density at radius 2 is 2.16 bits per heavy atom. The van der Waals surface area contributed by atoms with Gasteiger partial charge < -0.3 is 14.8 Å². The molecule has 0 spiro atoms. The molecule has 0 saturated carbocycles. The van der Waals surface area contributed by atoms with Crippen LogP contribution in [-0.2, 0) is 28.9 Å². The highest BCUT2D eigenvalue weighted by Gasteiger charge is 2.24. The van der Waals surface area contributed by atoms with E-state index < -0.39 is 11.8 Å². The Kier molecular flexibility index (Phi) is 8.64. The van der Waals surface area contributed by atoms with Crippen LogP contribution in [0.2, 0.25) is 5.02 Å². The molecule has 0 aliphatic carbocycles. The van der Waals surface area contributed by atoms with E-state index in [4.69, 9.17) is 21.1 Å². The van der Waals surface area contributed by atoms with E-state index >= 15 is 0 Å². The second kappa shape index (κ2) is 11.4. The minimum Gasteiger partial charge on any atom is -0.462 e. The van der Waals surface area contributed by atoms with E-state index in [0.29, 0.717) is 44.7 Å². The van der Waals surface area contributed by atoms with Crippen LogP contribution < -0.4 is 5.32 Å². The summed E-state index contributed by atoms with van der Waals surface area (Å²) < 4.78 is 26.4. The summed E-state index contributed by atoms with van der Waals surface area (Å²) in [6.45, 7) is 6.29. The van der Waals surface area contributed by atoms with Crippen molar-refractivity contribution in [3.63, 3.8) is 0 Å². The van der Waals surface area contributed by atoms with E-state index in [9.17, 15) is 14.0 Å². The monoisotopic (exact) mass is 465 g/mol. The van der Waals surface area contributed by atoms with Gasteiger partial charge in [0.15, 0.2) is 0 Å². The van der Waals surface area contributed by atoms with Gasteiger partial charge in [0.05, 0.1) is 34.1 Å². The van der Waals surface area contributed by atoms with Crippen LogP contribution in [0.4, 0.5) is 4.39 Å². The molecule has 9 heteroatoms. The summed E-state index contributed by atoms with van der Waals surface area (Å²) in [7, 11) is 0. The predicted octanol–water partition coefficient (Wildman–Crippen LogP) is 3.81. The second-order valence-electron chi connectivity index (χ2n) is 7.93. The van der Waals surface area contributed by atoms with Gasteiger partial charge >= 0.3 is 5.97 Å². The van der Waals surface area contributed by atoms with Gasteiger partial charge in [0.25, 0.3) is 5.91 Å². The number of nitrogens with zero attached hydrogens (tertiary/aromatic N) is 2. The molecule has 1 N–H and O–H groups in total. The van der Waals surface area contributed by atoms with Crippen LogP contribution in [0.15, 0.2) is 18.2 Å². The number of fused-ring (bicyclic) bond motifs is 1. The normalized spacial score (nSPS) is 15.9. The lowest BCUT2D eigenvalue weighted by molar-refractivity contribution is 0.0435. The molecule has 1 aliphatic heterocycles. The fourth-order valence-electron chi connectivity index (χ4n) is 3.68. The minimum atomic E-state index is -0.674. The number of esters is 1. The smallest absolute Gasteiger partial charge is 0.339 e. The lowest BCUT2D eigenvalue weighted by Gasteiger charge is -2.15. The van der Waals surface area contributed by atoms with E-state index in [1.54, 1.807) is 0 Å². The first kappa shape index (κ1) is 24.2. The number of hydrogen-bond donors (Lipinski definition) is 1. The van der Waals surface area contributed by atoms with Gasteiger partial charge in [-0.2, -0.15) is 5.10 Å². The van der Waals surface area contributed by atoms with Crippen LogP contribution in [0.1, 0.15) is 58.8 Å². The molecule has 1 atom stereocenters. The number of amides is 1. The van der Waals surface area contributed by atoms with Crippen LogP contribution >= 0.6 is 11.6 Å². The topological polar surface area (TPSA) is 82.5 Å². The zero-order valence-electron chi connectivity index (χ0n) is 18.5. The number of carbonyl (C=O) groups excluding carboxylic acids is 2. The summed E-state index contributed by atoms with van der Waals surface area (Å²) in [5.41, 5.74) is 2.27. The number of ether oxygens (including phenoxy) is 2. The molecular weight excluding hydrogens is 437 g/mol. The third-order valence-electron chi connectivity index (χ3n) is 5.30. The summed E-state index contributed by atoms with van der Waals surface area (Å²) in [4.78, 5) is 25.2. The Hall–Kier alpha value is -2.45. The highest BCUT2D eigenvalue weighted by molar-refractivity contribution is 6.33. The molecule has 1 aromatic heterocycles. The molecule has 0 bridgehead atoms. The van der Waals surface area contributed by atoms with Gasteiger partial charge in [-0.05, 0) is 37.8 Å². The van der Waals surface area contributed by atoms with Crippen molar-refractivity contribution in [2.75, 3.05) is 26.4 Å². The first-order valence-electron chi connectivity index (χ1n) is 11.0. The summed E-state index contributed by atoms with van der Waals surface area (Å²) in [5.74, 6) is -1.53. The van der Waals surface area contributed by atoms with Crippen molar-refractivity contribution in [2.24, 2.45) is 5.92 Å². The molecule has 2 heterocycles. The van der Waals surface area contributed by atoms with Crippen molar-refractivity contribution in [3.8, 4) is 0 Å². The molecule has 0 unspecified atom stereocenters. The lowest BCUT2D eigenvalue weighted by atomic mass is 10.1. The molecule has 3 rings (SSSR count). The van der Waals surface area contributed by atoms with Crippen molar-refractivity contribution in [3.05, 3.63) is 51.6 Å². The van der Waals surface area contributed by atoms with E-state index in [1.807, 2.05) is 18.5 Å². The Balaban J connectivity index is 1.72. The summed E-state index contributed by atoms with van der Waals surface area (Å²) >= 11 is 5.87. The first-order chi connectivity index (χ1) is 15.4. The van der Waals surface area contributed by atoms with Crippen LogP contribution in [-0.4, -0.2) is 48.0 Å². The van der Waals surface area contributed by atoms with E-state index in [0.717, 1.165) is 24.2 Å². The fourth-order valence-corrected chi connectivity index (χ4v) is 3.88. The van der Waals surface area contributed by atoms with Crippen LogP contribution in [0.5, 0.6) is 0 Å². The number of hydrogen-bond acceptors (Lipinski definition) is 5.